The van der Waals surface area contributed by atoms with E-state index in [4.69, 9.17) is 0 Å². The maximum atomic E-state index is 12.3. The van der Waals surface area contributed by atoms with Gasteiger partial charge in [0.05, 0.1) is 11.4 Å². The first kappa shape index (κ1) is 12.9. The Morgan fingerprint density at radius 2 is 2.11 bits per heavy atom. The summed E-state index contributed by atoms with van der Waals surface area (Å²) in [7, 11) is 0. The zero-order chi connectivity index (χ0) is 13.1. The van der Waals surface area contributed by atoms with Gasteiger partial charge in [0.15, 0.2) is 0 Å². The molecule has 0 spiro atoms. The Labute approximate surface area is 109 Å². The molecule has 18 heavy (non-hydrogen) atoms. The number of anilines is 2. The van der Waals surface area contributed by atoms with Crippen LogP contribution in [0.15, 0.2) is 24.3 Å². The molecule has 0 aliphatic carbocycles. The molecule has 3 nitrogen and oxygen atoms in total. The summed E-state index contributed by atoms with van der Waals surface area (Å²) in [5.41, 5.74) is 2.09. The average Bonchev–Trinajstić information content (AvgIpc) is 2.41. The number of fused-ring (bicyclic) bond motifs is 1. The lowest BCUT2D eigenvalue weighted by atomic mass is 10.1. The van der Waals surface area contributed by atoms with Gasteiger partial charge in [0.2, 0.25) is 5.91 Å². The van der Waals surface area contributed by atoms with Gasteiger partial charge in [-0.2, -0.15) is 0 Å². The molecular formula is C15H22N2O. The Balaban J connectivity index is 2.28. The van der Waals surface area contributed by atoms with E-state index in [1.807, 2.05) is 29.2 Å². The first-order valence-electron chi connectivity index (χ1n) is 6.74. The molecule has 0 radical (unpaired) electrons. The molecule has 0 unspecified atom stereocenters. The summed E-state index contributed by atoms with van der Waals surface area (Å²) in [4.78, 5) is 14.2. The van der Waals surface area contributed by atoms with E-state index in [0.29, 0.717) is 12.3 Å². The van der Waals surface area contributed by atoms with E-state index >= 15 is 0 Å². The molecule has 1 amide bonds. The fraction of sp³-hybridized carbons (Fsp3) is 0.533. The predicted molar refractivity (Wildman–Crippen MR) is 76.0 cm³/mol. The van der Waals surface area contributed by atoms with Gasteiger partial charge in [0.1, 0.15) is 0 Å². The van der Waals surface area contributed by atoms with E-state index in [1.165, 1.54) is 0 Å². The molecule has 1 aromatic rings. The van der Waals surface area contributed by atoms with Crippen molar-refractivity contribution >= 4 is 17.3 Å². The first-order valence-corrected chi connectivity index (χ1v) is 6.74. The Morgan fingerprint density at radius 1 is 1.39 bits per heavy atom. The lowest BCUT2D eigenvalue weighted by Crippen LogP contribution is -2.33. The SMILES string of the molecule is CC(C)CCN1C(=O)C[C@H](C)Nc2ccccc21. The third-order valence-corrected chi connectivity index (χ3v) is 3.31. The van der Waals surface area contributed by atoms with Crippen LogP contribution in [0.5, 0.6) is 0 Å². The molecule has 0 bridgehead atoms. The fourth-order valence-corrected chi connectivity index (χ4v) is 2.29. The van der Waals surface area contributed by atoms with E-state index in [0.717, 1.165) is 24.3 Å². The minimum Gasteiger partial charge on any atom is -0.380 e. The van der Waals surface area contributed by atoms with Crippen LogP contribution in [0.3, 0.4) is 0 Å². The zero-order valence-corrected chi connectivity index (χ0v) is 11.4. The van der Waals surface area contributed by atoms with E-state index < -0.39 is 0 Å². The lowest BCUT2D eigenvalue weighted by Gasteiger charge is -2.23. The largest absolute Gasteiger partial charge is 0.380 e. The van der Waals surface area contributed by atoms with Gasteiger partial charge >= 0.3 is 0 Å². The van der Waals surface area contributed by atoms with Gasteiger partial charge in [0, 0.05) is 19.0 Å². The molecule has 0 saturated heterocycles. The minimum absolute atomic E-state index is 0.197. The van der Waals surface area contributed by atoms with E-state index in [1.54, 1.807) is 0 Å². The molecule has 1 aromatic carbocycles. The Kier molecular flexibility index (Phi) is 3.90. The van der Waals surface area contributed by atoms with Crippen LogP contribution in [0.1, 0.15) is 33.6 Å². The molecule has 98 valence electrons. The van der Waals surface area contributed by atoms with Crippen molar-refractivity contribution in [2.75, 3.05) is 16.8 Å². The van der Waals surface area contributed by atoms with Crippen LogP contribution in [0.25, 0.3) is 0 Å². The number of carbonyl (C=O) groups is 1. The van der Waals surface area contributed by atoms with Gasteiger partial charge in [-0.05, 0) is 31.4 Å². The molecule has 1 atom stereocenters. The highest BCUT2D eigenvalue weighted by Gasteiger charge is 2.24. The molecule has 1 N–H and O–H groups in total. The van der Waals surface area contributed by atoms with Crippen molar-refractivity contribution in [2.45, 2.75) is 39.7 Å². The quantitative estimate of drug-likeness (QED) is 0.887. The highest BCUT2D eigenvalue weighted by Crippen LogP contribution is 2.30. The van der Waals surface area contributed by atoms with Crippen LogP contribution < -0.4 is 10.2 Å². The van der Waals surface area contributed by atoms with Crippen molar-refractivity contribution < 1.29 is 4.79 Å². The Morgan fingerprint density at radius 3 is 2.83 bits per heavy atom. The second kappa shape index (κ2) is 5.42. The normalized spacial score (nSPS) is 19.4. The second-order valence-corrected chi connectivity index (χ2v) is 5.49. The van der Waals surface area contributed by atoms with Crippen molar-refractivity contribution in [1.82, 2.24) is 0 Å². The van der Waals surface area contributed by atoms with Crippen molar-refractivity contribution in [3.63, 3.8) is 0 Å². The van der Waals surface area contributed by atoms with E-state index in [9.17, 15) is 4.79 Å². The number of para-hydroxylation sites is 2. The highest BCUT2D eigenvalue weighted by molar-refractivity contribution is 5.98. The van der Waals surface area contributed by atoms with Gasteiger partial charge in [-0.1, -0.05) is 26.0 Å². The van der Waals surface area contributed by atoms with Crippen molar-refractivity contribution in [2.24, 2.45) is 5.92 Å². The van der Waals surface area contributed by atoms with Gasteiger partial charge in [-0.3, -0.25) is 4.79 Å². The fourth-order valence-electron chi connectivity index (χ4n) is 2.29. The summed E-state index contributed by atoms with van der Waals surface area (Å²) >= 11 is 0. The second-order valence-electron chi connectivity index (χ2n) is 5.49. The standard InChI is InChI=1S/C15H22N2O/c1-11(2)8-9-17-14-7-5-4-6-13(14)16-12(3)10-15(17)18/h4-7,11-12,16H,8-10H2,1-3H3/t12-/m0/s1. The number of hydrogen-bond donors (Lipinski definition) is 1. The molecule has 1 aliphatic rings. The lowest BCUT2D eigenvalue weighted by molar-refractivity contribution is -0.118. The molecular weight excluding hydrogens is 224 g/mol. The number of carbonyl (C=O) groups excluding carboxylic acids is 1. The van der Waals surface area contributed by atoms with E-state index in [2.05, 4.69) is 26.1 Å². The van der Waals surface area contributed by atoms with Crippen molar-refractivity contribution in [1.29, 1.82) is 0 Å². The Bertz CT molecular complexity index is 428. The molecule has 3 heteroatoms. The molecule has 0 fully saturated rings. The number of nitrogens with zero attached hydrogens (tertiary/aromatic N) is 1. The monoisotopic (exact) mass is 246 g/mol. The summed E-state index contributed by atoms with van der Waals surface area (Å²) in [6.07, 6.45) is 1.60. The molecule has 0 aromatic heterocycles. The van der Waals surface area contributed by atoms with E-state index in [-0.39, 0.29) is 11.9 Å². The summed E-state index contributed by atoms with van der Waals surface area (Å²) < 4.78 is 0. The van der Waals surface area contributed by atoms with Gasteiger partial charge < -0.3 is 10.2 Å². The molecule has 2 rings (SSSR count). The van der Waals surface area contributed by atoms with Gasteiger partial charge in [-0.15, -0.1) is 0 Å². The zero-order valence-electron chi connectivity index (χ0n) is 11.4. The van der Waals surface area contributed by atoms with Crippen LogP contribution in [0.4, 0.5) is 11.4 Å². The average molecular weight is 246 g/mol. The van der Waals surface area contributed by atoms with Gasteiger partial charge in [0.25, 0.3) is 0 Å². The van der Waals surface area contributed by atoms with Crippen LogP contribution in [-0.2, 0) is 4.79 Å². The molecule has 1 aliphatic heterocycles. The van der Waals surface area contributed by atoms with Crippen molar-refractivity contribution in [3.8, 4) is 0 Å². The maximum absolute atomic E-state index is 12.3. The number of benzene rings is 1. The topological polar surface area (TPSA) is 32.3 Å². The number of rotatable bonds is 3. The summed E-state index contributed by atoms with van der Waals surface area (Å²) in [5, 5.41) is 3.41. The summed E-state index contributed by atoms with van der Waals surface area (Å²) in [5.74, 6) is 0.833. The minimum atomic E-state index is 0.197. The third kappa shape index (κ3) is 2.84. The smallest absolute Gasteiger partial charge is 0.229 e. The number of amides is 1. The first-order chi connectivity index (χ1) is 8.58. The van der Waals surface area contributed by atoms with Crippen LogP contribution in [0.2, 0.25) is 0 Å². The predicted octanol–water partition coefficient (Wildman–Crippen LogP) is 3.27. The Hall–Kier alpha value is -1.51. The maximum Gasteiger partial charge on any atom is 0.229 e. The number of hydrogen-bond acceptors (Lipinski definition) is 2. The third-order valence-electron chi connectivity index (χ3n) is 3.31. The van der Waals surface area contributed by atoms with Crippen LogP contribution in [-0.4, -0.2) is 18.5 Å². The number of nitrogens with one attached hydrogen (secondary N) is 1. The van der Waals surface area contributed by atoms with Crippen LogP contribution in [0, 0.1) is 5.92 Å². The highest BCUT2D eigenvalue weighted by atomic mass is 16.2. The van der Waals surface area contributed by atoms with Gasteiger partial charge in [-0.25, -0.2) is 0 Å². The molecule has 1 heterocycles. The molecule has 0 saturated carbocycles. The van der Waals surface area contributed by atoms with Crippen molar-refractivity contribution in [3.05, 3.63) is 24.3 Å². The van der Waals surface area contributed by atoms with Crippen LogP contribution >= 0.6 is 0 Å². The summed E-state index contributed by atoms with van der Waals surface area (Å²) in [6, 6.07) is 8.27. The summed E-state index contributed by atoms with van der Waals surface area (Å²) in [6.45, 7) is 7.24.